The largest absolute Gasteiger partial charge is 0.379 e. The van der Waals surface area contributed by atoms with E-state index in [0.717, 1.165) is 62.7 Å². The Balaban J connectivity index is 1.61. The number of hydrogen-bond donors (Lipinski definition) is 1. The number of amides is 1. The fourth-order valence-electron chi connectivity index (χ4n) is 2.90. The Morgan fingerprint density at radius 2 is 2.16 bits per heavy atom. The Labute approximate surface area is 157 Å². The summed E-state index contributed by atoms with van der Waals surface area (Å²) in [5.41, 5.74) is 2.30. The van der Waals surface area contributed by atoms with Crippen LogP contribution >= 0.6 is 22.7 Å². The van der Waals surface area contributed by atoms with Gasteiger partial charge in [0.1, 0.15) is 0 Å². The predicted octanol–water partition coefficient (Wildman–Crippen LogP) is 3.80. The van der Waals surface area contributed by atoms with E-state index in [0.29, 0.717) is 5.13 Å². The number of anilines is 1. The van der Waals surface area contributed by atoms with Crippen LogP contribution in [0.5, 0.6) is 0 Å². The quantitative estimate of drug-likeness (QED) is 0.795. The molecule has 0 aromatic carbocycles. The second-order valence-corrected chi connectivity index (χ2v) is 8.14. The Morgan fingerprint density at radius 3 is 2.88 bits per heavy atom. The summed E-state index contributed by atoms with van der Waals surface area (Å²) >= 11 is 3.11. The molecule has 3 heterocycles. The number of carbonyl (C=O) groups excluding carboxylic acids is 1. The third-order valence-electron chi connectivity index (χ3n) is 4.24. The highest BCUT2D eigenvalue weighted by Gasteiger charge is 2.16. The SMILES string of the molecule is CCCc1sc(C(=O)Nc2nc(CN3CCOCC3)cs2)cc1CC. The first-order chi connectivity index (χ1) is 12.2. The van der Waals surface area contributed by atoms with Crippen LogP contribution in [-0.2, 0) is 24.1 Å². The summed E-state index contributed by atoms with van der Waals surface area (Å²) < 4.78 is 5.37. The number of hydrogen-bond acceptors (Lipinski definition) is 6. The van der Waals surface area contributed by atoms with Crippen LogP contribution in [0.3, 0.4) is 0 Å². The highest BCUT2D eigenvalue weighted by atomic mass is 32.1. The van der Waals surface area contributed by atoms with Crippen molar-refractivity contribution in [2.24, 2.45) is 0 Å². The first-order valence-corrected chi connectivity index (χ1v) is 10.6. The van der Waals surface area contributed by atoms with E-state index >= 15 is 0 Å². The van der Waals surface area contributed by atoms with Crippen molar-refractivity contribution < 1.29 is 9.53 Å². The van der Waals surface area contributed by atoms with Gasteiger partial charge in [-0.15, -0.1) is 22.7 Å². The molecule has 136 valence electrons. The molecule has 1 amide bonds. The maximum Gasteiger partial charge on any atom is 0.267 e. The van der Waals surface area contributed by atoms with Gasteiger partial charge in [-0.1, -0.05) is 20.3 Å². The average molecular weight is 380 g/mol. The summed E-state index contributed by atoms with van der Waals surface area (Å²) in [5, 5.41) is 5.66. The molecule has 25 heavy (non-hydrogen) atoms. The normalized spacial score (nSPS) is 15.4. The Kier molecular flexibility index (Phi) is 6.58. The van der Waals surface area contributed by atoms with Gasteiger partial charge in [0.25, 0.3) is 5.91 Å². The van der Waals surface area contributed by atoms with Gasteiger partial charge in [-0.3, -0.25) is 15.0 Å². The number of nitrogens with zero attached hydrogens (tertiary/aromatic N) is 2. The molecule has 0 bridgehead atoms. The molecule has 0 radical (unpaired) electrons. The standard InChI is InChI=1S/C18H25N3O2S2/c1-3-5-15-13(4-2)10-16(25-15)17(22)20-18-19-14(12-24-18)11-21-6-8-23-9-7-21/h10,12H,3-9,11H2,1-2H3,(H,19,20,22). The number of aromatic nitrogens is 1. The van der Waals surface area contributed by atoms with E-state index in [1.165, 1.54) is 21.8 Å². The summed E-state index contributed by atoms with van der Waals surface area (Å²) in [6, 6.07) is 2.03. The highest BCUT2D eigenvalue weighted by Crippen LogP contribution is 2.26. The summed E-state index contributed by atoms with van der Waals surface area (Å²) in [7, 11) is 0. The highest BCUT2D eigenvalue weighted by molar-refractivity contribution is 7.15. The monoisotopic (exact) mass is 379 g/mol. The minimum absolute atomic E-state index is 0.0469. The summed E-state index contributed by atoms with van der Waals surface area (Å²) in [4.78, 5) is 21.5. The van der Waals surface area contributed by atoms with E-state index < -0.39 is 0 Å². The molecular weight excluding hydrogens is 354 g/mol. The van der Waals surface area contributed by atoms with E-state index in [2.05, 4.69) is 29.0 Å². The fourth-order valence-corrected chi connectivity index (χ4v) is 4.85. The third kappa shape index (κ3) is 4.88. The Hall–Kier alpha value is -1.28. The lowest BCUT2D eigenvalue weighted by molar-refractivity contribution is 0.0337. The third-order valence-corrected chi connectivity index (χ3v) is 6.28. The number of thiophene rings is 1. The topological polar surface area (TPSA) is 54.5 Å². The number of thiazole rings is 1. The molecule has 1 N–H and O–H groups in total. The van der Waals surface area contributed by atoms with Gasteiger partial charge >= 0.3 is 0 Å². The summed E-state index contributed by atoms with van der Waals surface area (Å²) in [6.07, 6.45) is 3.12. The lowest BCUT2D eigenvalue weighted by atomic mass is 10.1. The van der Waals surface area contributed by atoms with Crippen molar-refractivity contribution >= 4 is 33.7 Å². The smallest absolute Gasteiger partial charge is 0.267 e. The average Bonchev–Trinajstić information content (AvgIpc) is 3.23. The van der Waals surface area contributed by atoms with Crippen LogP contribution in [0.25, 0.3) is 0 Å². The van der Waals surface area contributed by atoms with E-state index in [-0.39, 0.29) is 5.91 Å². The maximum absolute atomic E-state index is 12.5. The maximum atomic E-state index is 12.5. The van der Waals surface area contributed by atoms with Gasteiger partial charge in [0, 0.05) is 29.9 Å². The zero-order valence-corrected chi connectivity index (χ0v) is 16.5. The van der Waals surface area contributed by atoms with Crippen molar-refractivity contribution in [2.75, 3.05) is 31.6 Å². The van der Waals surface area contributed by atoms with Crippen molar-refractivity contribution in [1.29, 1.82) is 0 Å². The number of ether oxygens (including phenoxy) is 1. The van der Waals surface area contributed by atoms with E-state index in [1.807, 2.05) is 11.4 Å². The van der Waals surface area contributed by atoms with Crippen LogP contribution in [0.4, 0.5) is 5.13 Å². The first kappa shape index (κ1) is 18.5. The number of morpholine rings is 1. The van der Waals surface area contributed by atoms with Gasteiger partial charge in [-0.2, -0.15) is 0 Å². The molecule has 0 saturated carbocycles. The van der Waals surface area contributed by atoms with E-state index in [1.54, 1.807) is 11.3 Å². The summed E-state index contributed by atoms with van der Waals surface area (Å²) in [6.45, 7) is 8.57. The van der Waals surface area contributed by atoms with Crippen LogP contribution in [0.15, 0.2) is 11.4 Å². The second kappa shape index (κ2) is 8.89. The number of carbonyl (C=O) groups is 1. The number of rotatable bonds is 7. The number of nitrogens with one attached hydrogen (secondary N) is 1. The minimum atomic E-state index is -0.0469. The van der Waals surface area contributed by atoms with Crippen LogP contribution < -0.4 is 5.32 Å². The van der Waals surface area contributed by atoms with Crippen LogP contribution in [0.2, 0.25) is 0 Å². The van der Waals surface area contributed by atoms with Crippen molar-refractivity contribution in [3.8, 4) is 0 Å². The molecule has 2 aromatic rings. The molecule has 0 spiro atoms. The molecule has 1 aliphatic heterocycles. The fraction of sp³-hybridized carbons (Fsp3) is 0.556. The van der Waals surface area contributed by atoms with Crippen molar-refractivity contribution in [1.82, 2.24) is 9.88 Å². The molecule has 0 unspecified atom stereocenters. The summed E-state index contributed by atoms with van der Waals surface area (Å²) in [5.74, 6) is -0.0469. The molecule has 3 rings (SSSR count). The minimum Gasteiger partial charge on any atom is -0.379 e. The van der Waals surface area contributed by atoms with Crippen molar-refractivity contribution in [3.63, 3.8) is 0 Å². The molecule has 1 aliphatic rings. The van der Waals surface area contributed by atoms with E-state index in [9.17, 15) is 4.79 Å². The Bertz CT molecular complexity index is 705. The van der Waals surface area contributed by atoms with E-state index in [4.69, 9.17) is 4.74 Å². The molecular formula is C18H25N3O2S2. The molecule has 0 aliphatic carbocycles. The van der Waals surface area contributed by atoms with Crippen LogP contribution in [0.1, 0.15) is 46.1 Å². The zero-order valence-electron chi connectivity index (χ0n) is 14.8. The number of aryl methyl sites for hydroxylation is 2. The van der Waals surface area contributed by atoms with Crippen molar-refractivity contribution in [2.45, 2.75) is 39.7 Å². The van der Waals surface area contributed by atoms with Gasteiger partial charge in [-0.25, -0.2) is 4.98 Å². The molecule has 1 saturated heterocycles. The molecule has 5 nitrogen and oxygen atoms in total. The second-order valence-electron chi connectivity index (χ2n) is 6.15. The first-order valence-electron chi connectivity index (χ1n) is 8.87. The molecule has 1 fully saturated rings. The molecule has 7 heteroatoms. The predicted molar refractivity (Wildman–Crippen MR) is 104 cm³/mol. The lowest BCUT2D eigenvalue weighted by Crippen LogP contribution is -2.35. The van der Waals surface area contributed by atoms with Gasteiger partial charge in [0.15, 0.2) is 5.13 Å². The van der Waals surface area contributed by atoms with Crippen molar-refractivity contribution in [3.05, 3.63) is 32.5 Å². The van der Waals surface area contributed by atoms with Crippen LogP contribution in [0, 0.1) is 0 Å². The lowest BCUT2D eigenvalue weighted by Gasteiger charge is -2.25. The van der Waals surface area contributed by atoms with Gasteiger partial charge in [0.2, 0.25) is 0 Å². The Morgan fingerprint density at radius 1 is 1.36 bits per heavy atom. The van der Waals surface area contributed by atoms with Gasteiger partial charge < -0.3 is 4.74 Å². The molecule has 0 atom stereocenters. The molecule has 2 aromatic heterocycles. The van der Waals surface area contributed by atoms with Gasteiger partial charge in [0.05, 0.1) is 23.8 Å². The van der Waals surface area contributed by atoms with Crippen LogP contribution in [-0.4, -0.2) is 42.1 Å². The van der Waals surface area contributed by atoms with Gasteiger partial charge in [-0.05, 0) is 24.5 Å². The zero-order chi connectivity index (χ0) is 17.6.